The Morgan fingerprint density at radius 2 is 2.04 bits per heavy atom. The maximum atomic E-state index is 12.1. The van der Waals surface area contributed by atoms with Crippen molar-refractivity contribution < 1.29 is 19.6 Å². The molecule has 0 aromatic heterocycles. The summed E-state index contributed by atoms with van der Waals surface area (Å²) in [5.41, 5.74) is 0.570. The molecule has 0 unspecified atom stereocenters. The fourth-order valence-electron chi connectivity index (χ4n) is 1.79. The summed E-state index contributed by atoms with van der Waals surface area (Å²) in [6.07, 6.45) is 2.90. The van der Waals surface area contributed by atoms with Crippen LogP contribution in [0.3, 0.4) is 0 Å². The van der Waals surface area contributed by atoms with E-state index in [0.29, 0.717) is 5.56 Å². The number of halogens is 1. The number of carboxylic acid groups (broad SMARTS) is 1. The van der Waals surface area contributed by atoms with E-state index in [0.717, 1.165) is 16.7 Å². The monoisotopic (exact) mass is 384 g/mol. The highest BCUT2D eigenvalue weighted by molar-refractivity contribution is 8.26. The Morgan fingerprint density at radius 3 is 2.58 bits per heavy atom. The Morgan fingerprint density at radius 1 is 1.42 bits per heavy atom. The van der Waals surface area contributed by atoms with Gasteiger partial charge in [0.25, 0.3) is 11.6 Å². The van der Waals surface area contributed by atoms with Crippen LogP contribution in [0, 0.1) is 10.1 Å². The zero-order chi connectivity index (χ0) is 17.9. The van der Waals surface area contributed by atoms with Crippen molar-refractivity contribution >= 4 is 63.5 Å². The van der Waals surface area contributed by atoms with E-state index in [1.54, 1.807) is 0 Å². The van der Waals surface area contributed by atoms with E-state index in [9.17, 15) is 19.7 Å². The van der Waals surface area contributed by atoms with Crippen LogP contribution in [0.1, 0.15) is 5.56 Å². The highest BCUT2D eigenvalue weighted by Crippen LogP contribution is 2.32. The van der Waals surface area contributed by atoms with Crippen molar-refractivity contribution in [2.24, 2.45) is 0 Å². The van der Waals surface area contributed by atoms with E-state index in [4.69, 9.17) is 28.9 Å². The minimum absolute atomic E-state index is 0.0437. The molecule has 1 N–H and O–H groups in total. The number of thiocarbonyl (C=S) groups is 1. The number of nitro benzene ring substituents is 1. The van der Waals surface area contributed by atoms with Crippen molar-refractivity contribution in [1.29, 1.82) is 0 Å². The smallest absolute Gasteiger partial charge is 0.323 e. The van der Waals surface area contributed by atoms with Gasteiger partial charge in [-0.05, 0) is 29.8 Å². The third kappa shape index (κ3) is 4.40. The fraction of sp³-hybridized carbons (Fsp3) is 0.0714. The summed E-state index contributed by atoms with van der Waals surface area (Å²) in [5.74, 6) is -1.69. The van der Waals surface area contributed by atoms with Crippen LogP contribution in [-0.2, 0) is 9.59 Å². The first-order chi connectivity index (χ1) is 11.3. The predicted molar refractivity (Wildman–Crippen MR) is 94.5 cm³/mol. The van der Waals surface area contributed by atoms with Crippen LogP contribution in [0.5, 0.6) is 0 Å². The highest BCUT2D eigenvalue weighted by Gasteiger charge is 2.33. The molecule has 0 radical (unpaired) electrons. The fourth-order valence-corrected chi connectivity index (χ4v) is 3.34. The molecule has 124 valence electrons. The van der Waals surface area contributed by atoms with Gasteiger partial charge in [0.2, 0.25) is 0 Å². The number of benzene rings is 1. The summed E-state index contributed by atoms with van der Waals surface area (Å²) >= 11 is 12.0. The molecule has 1 aliphatic rings. The van der Waals surface area contributed by atoms with Crippen molar-refractivity contribution in [2.75, 3.05) is 6.54 Å². The molecule has 0 saturated carbocycles. The first-order valence-electron chi connectivity index (χ1n) is 6.37. The lowest BCUT2D eigenvalue weighted by Crippen LogP contribution is -2.33. The molecule has 1 amide bonds. The SMILES string of the molecule is O=C(O)CN1C(=O)/C(=C/C(Cl)=C/c2ccc([N+](=O)[O-])cc2)SC1=S. The van der Waals surface area contributed by atoms with E-state index < -0.39 is 23.3 Å². The number of hydrogen-bond acceptors (Lipinski definition) is 6. The molecule has 1 aliphatic heterocycles. The second-order valence-corrected chi connectivity index (χ2v) is 6.65. The summed E-state index contributed by atoms with van der Waals surface area (Å²) in [7, 11) is 0. The molecule has 7 nitrogen and oxygen atoms in total. The molecule has 10 heteroatoms. The Kier molecular flexibility index (Phi) is 5.71. The average Bonchev–Trinajstić information content (AvgIpc) is 2.75. The third-order valence-electron chi connectivity index (χ3n) is 2.84. The minimum Gasteiger partial charge on any atom is -0.480 e. The van der Waals surface area contributed by atoms with Crippen LogP contribution in [0.2, 0.25) is 0 Å². The number of amides is 1. The molecule has 0 spiro atoms. The summed E-state index contributed by atoms with van der Waals surface area (Å²) in [6, 6.07) is 5.71. The van der Waals surface area contributed by atoms with Crippen molar-refractivity contribution in [1.82, 2.24) is 4.90 Å². The minimum atomic E-state index is -1.17. The van der Waals surface area contributed by atoms with Gasteiger partial charge in [-0.1, -0.05) is 35.6 Å². The molecule has 1 aromatic rings. The number of allylic oxidation sites excluding steroid dienone is 2. The molecular weight excluding hydrogens is 376 g/mol. The van der Waals surface area contributed by atoms with Gasteiger partial charge in [-0.3, -0.25) is 24.6 Å². The largest absolute Gasteiger partial charge is 0.480 e. The number of nitrogens with zero attached hydrogens (tertiary/aromatic N) is 2. The van der Waals surface area contributed by atoms with Crippen molar-refractivity contribution in [3.8, 4) is 0 Å². The van der Waals surface area contributed by atoms with Gasteiger partial charge in [-0.2, -0.15) is 0 Å². The number of thioether (sulfide) groups is 1. The summed E-state index contributed by atoms with van der Waals surface area (Å²) in [4.78, 5) is 34.1. The zero-order valence-electron chi connectivity index (χ0n) is 11.8. The zero-order valence-corrected chi connectivity index (χ0v) is 14.2. The lowest BCUT2D eigenvalue weighted by Gasteiger charge is -2.10. The molecule has 1 saturated heterocycles. The number of carbonyl (C=O) groups is 2. The van der Waals surface area contributed by atoms with Gasteiger partial charge < -0.3 is 5.11 Å². The molecule has 1 fully saturated rings. The quantitative estimate of drug-likeness (QED) is 0.360. The molecule has 1 heterocycles. The van der Waals surface area contributed by atoms with E-state index in [2.05, 4.69) is 0 Å². The van der Waals surface area contributed by atoms with Crippen LogP contribution < -0.4 is 0 Å². The van der Waals surface area contributed by atoms with Gasteiger partial charge in [0.15, 0.2) is 0 Å². The molecule has 0 atom stereocenters. The normalized spacial score (nSPS) is 16.8. The van der Waals surface area contributed by atoms with Crippen LogP contribution in [0.4, 0.5) is 5.69 Å². The number of nitro groups is 1. The molecule has 0 aliphatic carbocycles. The number of non-ortho nitro benzene ring substituents is 1. The molecule has 0 bridgehead atoms. The van der Waals surface area contributed by atoms with Gasteiger partial charge in [-0.25, -0.2) is 0 Å². The second-order valence-electron chi connectivity index (χ2n) is 4.54. The van der Waals surface area contributed by atoms with E-state index in [1.807, 2.05) is 0 Å². The van der Waals surface area contributed by atoms with Gasteiger partial charge >= 0.3 is 5.97 Å². The molecular formula is C14H9ClN2O5S2. The number of rotatable bonds is 5. The first kappa shape index (κ1) is 18.1. The second kappa shape index (κ2) is 7.56. The summed E-state index contributed by atoms with van der Waals surface area (Å²) in [5, 5.41) is 19.6. The lowest BCUT2D eigenvalue weighted by atomic mass is 10.2. The Hall–Kier alpha value is -2.23. The van der Waals surface area contributed by atoms with Crippen LogP contribution >= 0.6 is 35.6 Å². The highest BCUT2D eigenvalue weighted by atomic mass is 35.5. The van der Waals surface area contributed by atoms with Crippen LogP contribution in [-0.4, -0.2) is 37.7 Å². The number of aliphatic carboxylic acids is 1. The third-order valence-corrected chi connectivity index (χ3v) is 4.44. The molecule has 24 heavy (non-hydrogen) atoms. The first-order valence-corrected chi connectivity index (χ1v) is 7.97. The average molecular weight is 385 g/mol. The van der Waals surface area contributed by atoms with Crippen LogP contribution in [0.15, 0.2) is 40.3 Å². The number of carbonyl (C=O) groups excluding carboxylic acids is 1. The maximum absolute atomic E-state index is 12.1. The molecule has 2 rings (SSSR count). The summed E-state index contributed by atoms with van der Waals surface area (Å²) in [6.45, 7) is -0.508. The van der Waals surface area contributed by atoms with Gasteiger partial charge in [-0.15, -0.1) is 0 Å². The molecule has 1 aromatic carbocycles. The maximum Gasteiger partial charge on any atom is 0.323 e. The topological polar surface area (TPSA) is 101 Å². The standard InChI is InChI=1S/C14H9ClN2O5S2/c15-9(5-8-1-3-10(4-2-8)17(21)22)6-11-13(20)16(7-12(18)19)14(23)24-11/h1-6H,7H2,(H,18,19)/b9-5-,11-6-. The van der Waals surface area contributed by atoms with Crippen molar-refractivity contribution in [3.63, 3.8) is 0 Å². The van der Waals surface area contributed by atoms with Crippen LogP contribution in [0.25, 0.3) is 6.08 Å². The Labute approximate surface area is 150 Å². The predicted octanol–water partition coefficient (Wildman–Crippen LogP) is 3.00. The van der Waals surface area contributed by atoms with Gasteiger partial charge in [0, 0.05) is 17.2 Å². The van der Waals surface area contributed by atoms with E-state index in [1.165, 1.54) is 36.4 Å². The number of carboxylic acids is 1. The van der Waals surface area contributed by atoms with Crippen molar-refractivity contribution in [3.05, 3.63) is 56.0 Å². The van der Waals surface area contributed by atoms with Gasteiger partial charge in [0.1, 0.15) is 10.9 Å². The van der Waals surface area contributed by atoms with Gasteiger partial charge in [0.05, 0.1) is 9.83 Å². The number of hydrogen-bond donors (Lipinski definition) is 1. The van der Waals surface area contributed by atoms with Crippen molar-refractivity contribution in [2.45, 2.75) is 0 Å². The Bertz CT molecular complexity index is 789. The lowest BCUT2D eigenvalue weighted by molar-refractivity contribution is -0.384. The van der Waals surface area contributed by atoms with E-state index in [-0.39, 0.29) is 19.9 Å². The summed E-state index contributed by atoms with van der Waals surface area (Å²) < 4.78 is 0.147. The Balaban J connectivity index is 2.18. The van der Waals surface area contributed by atoms with E-state index >= 15 is 0 Å².